The van der Waals surface area contributed by atoms with Crippen molar-refractivity contribution in [2.24, 2.45) is 5.92 Å². The molecule has 202 valence electrons. The molecule has 4 heterocycles. The summed E-state index contributed by atoms with van der Waals surface area (Å²) in [6.45, 7) is 1.71. The second-order valence-electron chi connectivity index (χ2n) is 9.20. The molecule has 0 saturated carbocycles. The van der Waals surface area contributed by atoms with Gasteiger partial charge in [-0.25, -0.2) is 4.90 Å². The number of halogens is 2. The Kier molecular flexibility index (Phi) is 7.32. The number of aromatic nitrogens is 1. The summed E-state index contributed by atoms with van der Waals surface area (Å²) >= 11 is 12.0. The third kappa shape index (κ3) is 4.93. The average Bonchev–Trinajstić information content (AvgIpc) is 3.43. The lowest BCUT2D eigenvalue weighted by atomic mass is 9.82. The van der Waals surface area contributed by atoms with E-state index in [2.05, 4.69) is 20.9 Å². The zero-order valence-corrected chi connectivity index (χ0v) is 24.2. The lowest BCUT2D eigenvalue weighted by Crippen LogP contribution is -2.43. The number of benzene rings is 2. The first kappa shape index (κ1) is 26.6. The van der Waals surface area contributed by atoms with E-state index in [0.29, 0.717) is 58.2 Å². The van der Waals surface area contributed by atoms with Crippen LogP contribution in [0.3, 0.4) is 0 Å². The number of ether oxygens (including phenoxy) is 2. The zero-order valence-electron chi connectivity index (χ0n) is 20.2. The summed E-state index contributed by atoms with van der Waals surface area (Å²) in [6.07, 6.45) is 0. The Morgan fingerprint density at radius 2 is 1.85 bits per heavy atom. The molecule has 2 fully saturated rings. The molecule has 39 heavy (non-hydrogen) atoms. The van der Waals surface area contributed by atoms with Crippen molar-refractivity contribution >= 4 is 74.0 Å². The molecule has 3 aliphatic heterocycles. The smallest absolute Gasteiger partial charge is 0.305 e. The van der Waals surface area contributed by atoms with E-state index in [1.54, 1.807) is 47.4 Å². The van der Waals surface area contributed by atoms with Crippen LogP contribution < -0.4 is 14.5 Å². The van der Waals surface area contributed by atoms with E-state index in [4.69, 9.17) is 21.1 Å². The number of hydrogen-bond donors (Lipinski definition) is 1. The summed E-state index contributed by atoms with van der Waals surface area (Å²) in [5, 5.41) is 0.189. The number of imide groups is 1. The van der Waals surface area contributed by atoms with Crippen LogP contribution in [-0.4, -0.2) is 65.8 Å². The Balaban J connectivity index is 1.39. The van der Waals surface area contributed by atoms with Crippen molar-refractivity contribution in [3.63, 3.8) is 0 Å². The van der Waals surface area contributed by atoms with Crippen LogP contribution in [0.15, 0.2) is 56.8 Å². The molecule has 13 heteroatoms. The van der Waals surface area contributed by atoms with E-state index in [1.807, 2.05) is 0 Å². The van der Waals surface area contributed by atoms with Gasteiger partial charge in [-0.05, 0) is 42.5 Å². The predicted molar refractivity (Wildman–Crippen MR) is 151 cm³/mol. The van der Waals surface area contributed by atoms with Crippen molar-refractivity contribution in [1.82, 2.24) is 9.88 Å². The largest absolute Gasteiger partial charge is 0.483 e. The molecule has 6 rings (SSSR count). The van der Waals surface area contributed by atoms with Gasteiger partial charge < -0.3 is 19.4 Å². The van der Waals surface area contributed by atoms with Crippen LogP contribution in [0.25, 0.3) is 0 Å². The fourth-order valence-electron chi connectivity index (χ4n) is 5.13. The van der Waals surface area contributed by atoms with Gasteiger partial charge in [0.05, 0.1) is 29.8 Å². The lowest BCUT2D eigenvalue weighted by molar-refractivity contribution is -0.137. The van der Waals surface area contributed by atoms with Crippen LogP contribution in [0.2, 0.25) is 5.02 Å². The predicted octanol–water partition coefficient (Wildman–Crippen LogP) is 3.89. The first-order valence-corrected chi connectivity index (χ1v) is 15.0. The number of carbonyl (C=O) groups excluding carboxylic acids is 3. The van der Waals surface area contributed by atoms with Gasteiger partial charge in [0.25, 0.3) is 5.91 Å². The maximum Gasteiger partial charge on any atom is 0.305 e. The number of thioether (sulfide) groups is 1. The number of H-pyrrole nitrogens is 1. The number of aromatic amines is 1. The molecule has 2 aromatic carbocycles. The fourth-order valence-corrected chi connectivity index (χ4v) is 8.09. The van der Waals surface area contributed by atoms with Crippen molar-refractivity contribution in [3.8, 4) is 5.75 Å². The molecule has 3 aliphatic rings. The molecule has 3 amide bonds. The standard InChI is InChI=1S/C26H21BrClN3O6S2/c27-13-1-4-15(5-2-13)31-24(33)20-19(21-23(29-26(35)39-21)38-22(20)25(31)34)16-11-14(28)3-6-17(16)37-12-18(32)30-7-9-36-10-8-30/h1-6,11,19-20,22H,7-10,12H2,(H,29,35)/t19-,20-,22+/m0/s1. The number of nitrogens with zero attached hydrogens (tertiary/aromatic N) is 2. The Morgan fingerprint density at radius 3 is 2.59 bits per heavy atom. The number of anilines is 1. The van der Waals surface area contributed by atoms with E-state index in [0.717, 1.165) is 15.8 Å². The highest BCUT2D eigenvalue weighted by atomic mass is 79.9. The van der Waals surface area contributed by atoms with Gasteiger partial charge in [-0.15, -0.1) is 0 Å². The normalized spacial score (nSPS) is 22.6. The summed E-state index contributed by atoms with van der Waals surface area (Å²) in [5.41, 5.74) is 1.01. The number of rotatable bonds is 5. The summed E-state index contributed by atoms with van der Waals surface area (Å²) < 4.78 is 12.2. The maximum atomic E-state index is 14.0. The van der Waals surface area contributed by atoms with Gasteiger partial charge in [0.2, 0.25) is 11.8 Å². The Bertz CT molecular complexity index is 1520. The molecule has 3 atom stereocenters. The molecular formula is C26H21BrClN3O6S2. The van der Waals surface area contributed by atoms with Gasteiger partial charge in [0.1, 0.15) is 11.0 Å². The second-order valence-corrected chi connectivity index (χ2v) is 12.7. The number of nitrogens with one attached hydrogen (secondary N) is 1. The maximum absolute atomic E-state index is 14.0. The fraction of sp³-hybridized carbons (Fsp3) is 0.308. The number of carbonyl (C=O) groups is 3. The molecule has 0 aliphatic carbocycles. The van der Waals surface area contributed by atoms with E-state index >= 15 is 0 Å². The van der Waals surface area contributed by atoms with Crippen molar-refractivity contribution in [1.29, 1.82) is 0 Å². The van der Waals surface area contributed by atoms with Crippen molar-refractivity contribution in [2.45, 2.75) is 16.2 Å². The van der Waals surface area contributed by atoms with Gasteiger partial charge in [0, 0.05) is 38.9 Å². The molecule has 0 radical (unpaired) electrons. The number of morpholine rings is 1. The third-order valence-electron chi connectivity index (χ3n) is 6.93. The van der Waals surface area contributed by atoms with Crippen LogP contribution in [0.4, 0.5) is 5.69 Å². The highest BCUT2D eigenvalue weighted by molar-refractivity contribution is 9.10. The monoisotopic (exact) mass is 649 g/mol. The molecule has 2 saturated heterocycles. The van der Waals surface area contributed by atoms with E-state index in [9.17, 15) is 19.2 Å². The molecule has 1 N–H and O–H groups in total. The van der Waals surface area contributed by atoms with Crippen molar-refractivity contribution < 1.29 is 23.9 Å². The number of fused-ring (bicyclic) bond motifs is 2. The van der Waals surface area contributed by atoms with Gasteiger partial charge in [-0.2, -0.15) is 0 Å². The molecule has 1 aromatic heterocycles. The number of thiazole rings is 1. The van der Waals surface area contributed by atoms with Gasteiger partial charge >= 0.3 is 4.87 Å². The van der Waals surface area contributed by atoms with Crippen molar-refractivity contribution in [3.05, 3.63) is 72.1 Å². The summed E-state index contributed by atoms with van der Waals surface area (Å²) in [5.74, 6) is -2.03. The summed E-state index contributed by atoms with van der Waals surface area (Å²) in [6, 6.07) is 11.9. The molecule has 3 aromatic rings. The van der Waals surface area contributed by atoms with E-state index in [-0.39, 0.29) is 29.2 Å². The first-order valence-electron chi connectivity index (χ1n) is 12.1. The van der Waals surface area contributed by atoms with Gasteiger partial charge in [-0.3, -0.25) is 19.2 Å². The SMILES string of the molecule is O=C(COc1ccc(Cl)cc1[C@@H]1c2sc(=O)[nH]c2S[C@H]2C(=O)N(c3ccc(Br)cc3)C(=O)[C@@H]12)N1CCOCC1. The number of amides is 3. The zero-order chi connectivity index (χ0) is 27.3. The van der Waals surface area contributed by atoms with E-state index < -0.39 is 17.1 Å². The minimum absolute atomic E-state index is 0.184. The Morgan fingerprint density at radius 1 is 1.10 bits per heavy atom. The topological polar surface area (TPSA) is 109 Å². The minimum Gasteiger partial charge on any atom is -0.483 e. The van der Waals surface area contributed by atoms with Crippen LogP contribution in [-0.2, 0) is 19.1 Å². The minimum atomic E-state index is -0.805. The second kappa shape index (κ2) is 10.7. The Hall–Kier alpha value is -2.64. The summed E-state index contributed by atoms with van der Waals surface area (Å²) in [4.78, 5) is 58.9. The molecular weight excluding hydrogens is 630 g/mol. The quantitative estimate of drug-likeness (QED) is 0.418. The van der Waals surface area contributed by atoms with Crippen LogP contribution in [0, 0.1) is 5.92 Å². The molecule has 0 bridgehead atoms. The average molecular weight is 651 g/mol. The number of hydrogen-bond acceptors (Lipinski definition) is 8. The van der Waals surface area contributed by atoms with Crippen LogP contribution in [0.5, 0.6) is 5.75 Å². The van der Waals surface area contributed by atoms with Crippen LogP contribution >= 0.6 is 50.6 Å². The summed E-state index contributed by atoms with van der Waals surface area (Å²) in [7, 11) is 0. The third-order valence-corrected chi connectivity index (χ3v) is 10.1. The van der Waals surface area contributed by atoms with Crippen molar-refractivity contribution in [2.75, 3.05) is 37.8 Å². The lowest BCUT2D eigenvalue weighted by Gasteiger charge is -2.31. The Labute approximate surface area is 244 Å². The first-order chi connectivity index (χ1) is 18.8. The van der Waals surface area contributed by atoms with E-state index in [1.165, 1.54) is 16.7 Å². The molecule has 0 spiro atoms. The van der Waals surface area contributed by atoms with Gasteiger partial charge in [-0.1, -0.05) is 50.6 Å². The molecule has 0 unspecified atom stereocenters. The molecule has 9 nitrogen and oxygen atoms in total. The van der Waals surface area contributed by atoms with Crippen LogP contribution in [0.1, 0.15) is 16.4 Å². The highest BCUT2D eigenvalue weighted by Gasteiger charge is 2.56. The van der Waals surface area contributed by atoms with Gasteiger partial charge in [0.15, 0.2) is 6.61 Å². The highest BCUT2D eigenvalue weighted by Crippen LogP contribution is 2.54.